The van der Waals surface area contributed by atoms with Crippen LogP contribution in [0.25, 0.3) is 0 Å². The third-order valence-electron chi connectivity index (χ3n) is 3.47. The van der Waals surface area contributed by atoms with Crippen molar-refractivity contribution in [2.24, 2.45) is 0 Å². The molecule has 0 saturated carbocycles. The highest BCUT2D eigenvalue weighted by molar-refractivity contribution is 5.86. The molecule has 1 fully saturated rings. The van der Waals surface area contributed by atoms with Gasteiger partial charge in [0.2, 0.25) is 0 Å². The number of nitrogens with one attached hydrogen (secondary N) is 1. The molecule has 2 rings (SSSR count). The summed E-state index contributed by atoms with van der Waals surface area (Å²) in [6.07, 6.45) is 4.19. The maximum Gasteiger partial charge on any atom is 0.358 e. The van der Waals surface area contributed by atoms with Crippen molar-refractivity contribution < 1.29 is 9.53 Å². The predicted octanol–water partition coefficient (Wildman–Crippen LogP) is 0.840. The van der Waals surface area contributed by atoms with E-state index >= 15 is 0 Å². The van der Waals surface area contributed by atoms with E-state index < -0.39 is 5.97 Å². The van der Waals surface area contributed by atoms with Gasteiger partial charge >= 0.3 is 5.97 Å². The zero-order chi connectivity index (χ0) is 13.8. The Bertz CT molecular complexity index is 435. The van der Waals surface area contributed by atoms with Crippen LogP contribution in [0, 0.1) is 0 Å². The topological polar surface area (TPSA) is 67.4 Å². The van der Waals surface area contributed by atoms with Gasteiger partial charge in [0.05, 0.1) is 19.5 Å². The third kappa shape index (κ3) is 3.01. The maximum atomic E-state index is 11.3. The van der Waals surface area contributed by atoms with Crippen molar-refractivity contribution in [1.82, 2.24) is 15.3 Å². The fraction of sp³-hybridized carbons (Fsp3) is 0.615. The molecule has 2 atom stereocenters. The van der Waals surface area contributed by atoms with E-state index in [9.17, 15) is 4.79 Å². The van der Waals surface area contributed by atoms with Crippen LogP contribution in [-0.2, 0) is 4.74 Å². The number of piperazine rings is 1. The van der Waals surface area contributed by atoms with Gasteiger partial charge in [0.1, 0.15) is 5.82 Å². The number of rotatable bonds is 3. The van der Waals surface area contributed by atoms with Gasteiger partial charge in [0.25, 0.3) is 0 Å². The van der Waals surface area contributed by atoms with Crippen LogP contribution in [0.1, 0.15) is 30.8 Å². The van der Waals surface area contributed by atoms with E-state index in [1.807, 2.05) is 0 Å². The number of hydrogen-bond donors (Lipinski definition) is 1. The zero-order valence-electron chi connectivity index (χ0n) is 11.6. The van der Waals surface area contributed by atoms with Crippen LogP contribution < -0.4 is 10.2 Å². The van der Waals surface area contributed by atoms with Crippen molar-refractivity contribution in [2.45, 2.75) is 32.4 Å². The minimum Gasteiger partial charge on any atom is -0.464 e. The summed E-state index contributed by atoms with van der Waals surface area (Å²) in [7, 11) is 1.34. The van der Waals surface area contributed by atoms with Crippen LogP contribution in [0.15, 0.2) is 12.4 Å². The molecule has 1 aromatic rings. The van der Waals surface area contributed by atoms with Gasteiger partial charge in [-0.15, -0.1) is 0 Å². The second-order valence-corrected chi connectivity index (χ2v) is 4.77. The Labute approximate surface area is 113 Å². The predicted molar refractivity (Wildman–Crippen MR) is 72.3 cm³/mol. The van der Waals surface area contributed by atoms with Gasteiger partial charge in [0.15, 0.2) is 5.69 Å². The van der Waals surface area contributed by atoms with Crippen molar-refractivity contribution in [1.29, 1.82) is 0 Å². The average Bonchev–Trinajstić information content (AvgIpc) is 2.47. The van der Waals surface area contributed by atoms with Gasteiger partial charge in [0, 0.05) is 25.2 Å². The lowest BCUT2D eigenvalue weighted by Gasteiger charge is -2.39. The van der Waals surface area contributed by atoms with E-state index in [2.05, 4.69) is 38.8 Å². The molecule has 0 aliphatic carbocycles. The molecule has 0 amide bonds. The van der Waals surface area contributed by atoms with Crippen LogP contribution in [0.4, 0.5) is 5.82 Å². The summed E-state index contributed by atoms with van der Waals surface area (Å²) in [6, 6.07) is 0.833. The van der Waals surface area contributed by atoms with E-state index in [1.54, 1.807) is 6.20 Å². The molecule has 0 bridgehead atoms. The average molecular weight is 264 g/mol. The van der Waals surface area contributed by atoms with Gasteiger partial charge in [-0.25, -0.2) is 14.8 Å². The van der Waals surface area contributed by atoms with Crippen molar-refractivity contribution in [2.75, 3.05) is 25.1 Å². The molecule has 6 heteroatoms. The SMILES string of the molecule is CC[C@H]1CN(c2cnc(C(=O)OC)cn2)[C@H](C)CN1. The third-order valence-corrected chi connectivity index (χ3v) is 3.47. The van der Waals surface area contributed by atoms with Crippen LogP contribution in [-0.4, -0.2) is 48.2 Å². The number of anilines is 1. The summed E-state index contributed by atoms with van der Waals surface area (Å²) in [4.78, 5) is 22.0. The molecule has 2 heterocycles. The molecule has 0 radical (unpaired) electrons. The van der Waals surface area contributed by atoms with Gasteiger partial charge < -0.3 is 15.0 Å². The van der Waals surface area contributed by atoms with Crippen LogP contribution >= 0.6 is 0 Å². The molecular formula is C13H20N4O2. The van der Waals surface area contributed by atoms with Gasteiger partial charge in [-0.1, -0.05) is 6.92 Å². The molecule has 1 saturated heterocycles. The smallest absolute Gasteiger partial charge is 0.358 e. The molecule has 19 heavy (non-hydrogen) atoms. The second-order valence-electron chi connectivity index (χ2n) is 4.77. The molecule has 1 aliphatic heterocycles. The van der Waals surface area contributed by atoms with Crippen LogP contribution in [0.2, 0.25) is 0 Å². The molecule has 0 aromatic carbocycles. The summed E-state index contributed by atoms with van der Waals surface area (Å²) in [5, 5.41) is 3.49. The number of nitrogens with zero attached hydrogens (tertiary/aromatic N) is 3. The van der Waals surface area contributed by atoms with Gasteiger partial charge in [-0.2, -0.15) is 0 Å². The molecule has 1 aliphatic rings. The largest absolute Gasteiger partial charge is 0.464 e. The molecule has 1 N–H and O–H groups in total. The molecule has 0 spiro atoms. The maximum absolute atomic E-state index is 11.3. The van der Waals surface area contributed by atoms with Gasteiger partial charge in [-0.3, -0.25) is 0 Å². The van der Waals surface area contributed by atoms with Crippen LogP contribution in [0.3, 0.4) is 0 Å². The summed E-state index contributed by atoms with van der Waals surface area (Å²) in [5.41, 5.74) is 0.237. The first-order valence-corrected chi connectivity index (χ1v) is 6.56. The molecule has 104 valence electrons. The van der Waals surface area contributed by atoms with Crippen molar-refractivity contribution >= 4 is 11.8 Å². The molecule has 6 nitrogen and oxygen atoms in total. The number of carbonyl (C=O) groups excluding carboxylic acids is 1. The quantitative estimate of drug-likeness (QED) is 0.816. The van der Waals surface area contributed by atoms with E-state index in [0.29, 0.717) is 12.1 Å². The lowest BCUT2D eigenvalue weighted by atomic mass is 10.1. The van der Waals surface area contributed by atoms with Crippen molar-refractivity contribution in [3.63, 3.8) is 0 Å². The fourth-order valence-electron chi connectivity index (χ4n) is 2.20. The number of ether oxygens (including phenoxy) is 1. The summed E-state index contributed by atoms with van der Waals surface area (Å²) in [6.45, 7) is 6.15. The Kier molecular flexibility index (Phi) is 4.31. The Balaban J connectivity index is 2.14. The lowest BCUT2D eigenvalue weighted by Crippen LogP contribution is -2.55. The Hall–Kier alpha value is -1.69. The van der Waals surface area contributed by atoms with E-state index in [0.717, 1.165) is 25.3 Å². The minimum absolute atomic E-state index is 0.237. The highest BCUT2D eigenvalue weighted by atomic mass is 16.5. The standard InChI is InChI=1S/C13H20N4O2/c1-4-10-8-17(9(2)5-14-10)12-7-15-11(6-16-12)13(18)19-3/h6-7,9-10,14H,4-5,8H2,1-3H3/t9-,10+/m1/s1. The fourth-order valence-corrected chi connectivity index (χ4v) is 2.20. The van der Waals surface area contributed by atoms with Crippen molar-refractivity contribution in [3.8, 4) is 0 Å². The molecular weight excluding hydrogens is 244 g/mol. The summed E-state index contributed by atoms with van der Waals surface area (Å²) in [5.74, 6) is 0.346. The molecule has 0 unspecified atom stereocenters. The summed E-state index contributed by atoms with van der Waals surface area (Å²) < 4.78 is 4.61. The summed E-state index contributed by atoms with van der Waals surface area (Å²) >= 11 is 0. The van der Waals surface area contributed by atoms with Crippen molar-refractivity contribution in [3.05, 3.63) is 18.1 Å². The first kappa shape index (κ1) is 13.7. The highest BCUT2D eigenvalue weighted by Crippen LogP contribution is 2.17. The minimum atomic E-state index is -0.459. The highest BCUT2D eigenvalue weighted by Gasteiger charge is 2.25. The number of esters is 1. The Morgan fingerprint density at radius 2 is 2.32 bits per heavy atom. The lowest BCUT2D eigenvalue weighted by molar-refractivity contribution is 0.0593. The first-order chi connectivity index (χ1) is 9.15. The van der Waals surface area contributed by atoms with E-state index in [-0.39, 0.29) is 5.69 Å². The van der Waals surface area contributed by atoms with E-state index in [1.165, 1.54) is 13.3 Å². The second kappa shape index (κ2) is 5.97. The normalized spacial score (nSPS) is 23.2. The molecule has 1 aromatic heterocycles. The van der Waals surface area contributed by atoms with Crippen LogP contribution in [0.5, 0.6) is 0 Å². The number of methoxy groups -OCH3 is 1. The van der Waals surface area contributed by atoms with Gasteiger partial charge in [-0.05, 0) is 13.3 Å². The monoisotopic (exact) mass is 264 g/mol. The number of hydrogen-bond acceptors (Lipinski definition) is 6. The number of carbonyl (C=O) groups is 1. The number of aromatic nitrogens is 2. The Morgan fingerprint density at radius 1 is 1.53 bits per heavy atom. The van der Waals surface area contributed by atoms with E-state index in [4.69, 9.17) is 0 Å². The Morgan fingerprint density at radius 3 is 2.89 bits per heavy atom. The first-order valence-electron chi connectivity index (χ1n) is 6.56. The zero-order valence-corrected chi connectivity index (χ0v) is 11.6.